The largest absolute Gasteiger partial charge is 0.487 e. The second kappa shape index (κ2) is 5.83. The SMILES string of the molecule is CCOC(=O)C(C)NCc1ccc2c(c1)CC(C)(C)O2. The van der Waals surface area contributed by atoms with Crippen molar-refractivity contribution in [3.63, 3.8) is 0 Å². The molecule has 20 heavy (non-hydrogen) atoms. The molecule has 0 bridgehead atoms. The van der Waals surface area contributed by atoms with Gasteiger partial charge in [-0.05, 0) is 44.9 Å². The number of nitrogens with one attached hydrogen (secondary N) is 1. The van der Waals surface area contributed by atoms with E-state index in [1.54, 1.807) is 0 Å². The lowest BCUT2D eigenvalue weighted by molar-refractivity contribution is -0.145. The predicted molar refractivity (Wildman–Crippen MR) is 77.8 cm³/mol. The molecule has 1 aromatic carbocycles. The van der Waals surface area contributed by atoms with Gasteiger partial charge in [0.05, 0.1) is 6.61 Å². The molecule has 0 amide bonds. The average molecular weight is 277 g/mol. The zero-order valence-corrected chi connectivity index (χ0v) is 12.7. The molecule has 0 fully saturated rings. The van der Waals surface area contributed by atoms with Crippen molar-refractivity contribution in [3.05, 3.63) is 29.3 Å². The molecule has 2 rings (SSSR count). The van der Waals surface area contributed by atoms with Gasteiger partial charge in [0.25, 0.3) is 0 Å². The first-order valence-corrected chi connectivity index (χ1v) is 7.12. The highest BCUT2D eigenvalue weighted by molar-refractivity contribution is 5.75. The molecule has 4 nitrogen and oxygen atoms in total. The number of benzene rings is 1. The summed E-state index contributed by atoms with van der Waals surface area (Å²) in [6.45, 7) is 8.87. The van der Waals surface area contributed by atoms with Crippen molar-refractivity contribution in [2.75, 3.05) is 6.61 Å². The van der Waals surface area contributed by atoms with Crippen molar-refractivity contribution in [3.8, 4) is 5.75 Å². The number of carbonyl (C=O) groups is 1. The molecule has 0 radical (unpaired) electrons. The number of carbonyl (C=O) groups excluding carboxylic acids is 1. The third-order valence-electron chi connectivity index (χ3n) is 3.38. The van der Waals surface area contributed by atoms with Crippen LogP contribution in [-0.2, 0) is 22.5 Å². The van der Waals surface area contributed by atoms with E-state index in [2.05, 4.69) is 25.2 Å². The van der Waals surface area contributed by atoms with E-state index in [1.165, 1.54) is 5.56 Å². The lowest BCUT2D eigenvalue weighted by atomic mass is 10.0. The maximum absolute atomic E-state index is 11.5. The molecule has 0 aliphatic carbocycles. The fourth-order valence-electron chi connectivity index (χ4n) is 2.39. The highest BCUT2D eigenvalue weighted by Crippen LogP contribution is 2.35. The number of hydrogen-bond donors (Lipinski definition) is 1. The van der Waals surface area contributed by atoms with Crippen LogP contribution in [0.3, 0.4) is 0 Å². The number of hydrogen-bond acceptors (Lipinski definition) is 4. The summed E-state index contributed by atoms with van der Waals surface area (Å²) in [7, 11) is 0. The minimum Gasteiger partial charge on any atom is -0.487 e. The van der Waals surface area contributed by atoms with E-state index in [1.807, 2.05) is 26.0 Å². The molecule has 4 heteroatoms. The van der Waals surface area contributed by atoms with E-state index in [0.717, 1.165) is 17.7 Å². The van der Waals surface area contributed by atoms with Crippen LogP contribution in [0.15, 0.2) is 18.2 Å². The Bertz CT molecular complexity index is 496. The van der Waals surface area contributed by atoms with Gasteiger partial charge in [-0.1, -0.05) is 12.1 Å². The normalized spacial score (nSPS) is 17.2. The molecule has 0 aromatic heterocycles. The number of esters is 1. The van der Waals surface area contributed by atoms with Crippen LogP contribution >= 0.6 is 0 Å². The van der Waals surface area contributed by atoms with Crippen LogP contribution in [0.1, 0.15) is 38.8 Å². The van der Waals surface area contributed by atoms with E-state index in [9.17, 15) is 4.79 Å². The van der Waals surface area contributed by atoms with E-state index >= 15 is 0 Å². The van der Waals surface area contributed by atoms with Gasteiger partial charge in [0.2, 0.25) is 0 Å². The lowest BCUT2D eigenvalue weighted by Crippen LogP contribution is -2.34. The van der Waals surface area contributed by atoms with E-state index in [-0.39, 0.29) is 17.6 Å². The van der Waals surface area contributed by atoms with Crippen molar-refractivity contribution in [1.29, 1.82) is 0 Å². The summed E-state index contributed by atoms with van der Waals surface area (Å²) in [6, 6.07) is 5.90. The van der Waals surface area contributed by atoms with Gasteiger partial charge in [-0.2, -0.15) is 0 Å². The van der Waals surface area contributed by atoms with E-state index in [0.29, 0.717) is 13.2 Å². The Kier molecular flexibility index (Phi) is 4.33. The monoisotopic (exact) mass is 277 g/mol. The molecule has 1 N–H and O–H groups in total. The van der Waals surface area contributed by atoms with Crippen LogP contribution in [0.4, 0.5) is 0 Å². The Balaban J connectivity index is 1.94. The Morgan fingerprint density at radius 1 is 1.50 bits per heavy atom. The fourth-order valence-corrected chi connectivity index (χ4v) is 2.39. The molecular formula is C16H23NO3. The minimum atomic E-state index is -0.295. The fraction of sp³-hybridized carbons (Fsp3) is 0.562. The van der Waals surface area contributed by atoms with Gasteiger partial charge >= 0.3 is 5.97 Å². The summed E-state index contributed by atoms with van der Waals surface area (Å²) in [4.78, 5) is 11.5. The molecule has 1 aliphatic heterocycles. The van der Waals surface area contributed by atoms with Crippen molar-refractivity contribution in [1.82, 2.24) is 5.32 Å². The smallest absolute Gasteiger partial charge is 0.322 e. The van der Waals surface area contributed by atoms with Crippen LogP contribution < -0.4 is 10.1 Å². The summed E-state index contributed by atoms with van der Waals surface area (Å²) >= 11 is 0. The first-order chi connectivity index (χ1) is 9.41. The molecule has 0 saturated carbocycles. The highest BCUT2D eigenvalue weighted by Gasteiger charge is 2.29. The second-order valence-electron chi connectivity index (χ2n) is 5.84. The third kappa shape index (κ3) is 3.51. The van der Waals surface area contributed by atoms with Crippen LogP contribution in [0.25, 0.3) is 0 Å². The summed E-state index contributed by atoms with van der Waals surface area (Å²) < 4.78 is 10.8. The first-order valence-electron chi connectivity index (χ1n) is 7.12. The van der Waals surface area contributed by atoms with Crippen LogP contribution in [0, 0.1) is 0 Å². The molecular weight excluding hydrogens is 254 g/mol. The van der Waals surface area contributed by atoms with Gasteiger partial charge in [-0.25, -0.2) is 0 Å². The summed E-state index contributed by atoms with van der Waals surface area (Å²) in [6.07, 6.45) is 0.920. The molecule has 1 heterocycles. The predicted octanol–water partition coefficient (Wildman–Crippen LogP) is 2.44. The molecule has 0 spiro atoms. The molecule has 0 saturated heterocycles. The van der Waals surface area contributed by atoms with Crippen molar-refractivity contribution in [2.45, 2.75) is 52.3 Å². The zero-order valence-electron chi connectivity index (χ0n) is 12.7. The number of rotatable bonds is 5. The first kappa shape index (κ1) is 14.9. The Morgan fingerprint density at radius 2 is 2.25 bits per heavy atom. The average Bonchev–Trinajstić information content (AvgIpc) is 2.69. The lowest BCUT2D eigenvalue weighted by Gasteiger charge is -2.16. The summed E-state index contributed by atoms with van der Waals surface area (Å²) in [5.41, 5.74) is 2.27. The van der Waals surface area contributed by atoms with E-state index < -0.39 is 0 Å². The number of fused-ring (bicyclic) bond motifs is 1. The van der Waals surface area contributed by atoms with Gasteiger partial charge in [0, 0.05) is 13.0 Å². The maximum Gasteiger partial charge on any atom is 0.322 e. The standard InChI is InChI=1S/C16H23NO3/c1-5-19-15(18)11(2)17-10-12-6-7-14-13(8-12)9-16(3,4)20-14/h6-8,11,17H,5,9-10H2,1-4H3. The third-order valence-corrected chi connectivity index (χ3v) is 3.38. The topological polar surface area (TPSA) is 47.6 Å². The Labute approximate surface area is 120 Å². The van der Waals surface area contributed by atoms with Gasteiger partial charge < -0.3 is 14.8 Å². The molecule has 1 atom stereocenters. The van der Waals surface area contributed by atoms with Crippen LogP contribution in [-0.4, -0.2) is 24.2 Å². The van der Waals surface area contributed by atoms with Crippen LogP contribution in [0.5, 0.6) is 5.75 Å². The summed E-state index contributed by atoms with van der Waals surface area (Å²) in [5, 5.41) is 3.18. The molecule has 1 aliphatic rings. The highest BCUT2D eigenvalue weighted by atomic mass is 16.5. The quantitative estimate of drug-likeness (QED) is 0.840. The van der Waals surface area contributed by atoms with Gasteiger partial charge in [-0.15, -0.1) is 0 Å². The van der Waals surface area contributed by atoms with Crippen LogP contribution in [0.2, 0.25) is 0 Å². The second-order valence-corrected chi connectivity index (χ2v) is 5.84. The van der Waals surface area contributed by atoms with Crippen molar-refractivity contribution < 1.29 is 14.3 Å². The Morgan fingerprint density at radius 3 is 2.95 bits per heavy atom. The van der Waals surface area contributed by atoms with Gasteiger partial charge in [0.1, 0.15) is 17.4 Å². The molecule has 110 valence electrons. The maximum atomic E-state index is 11.5. The van der Waals surface area contributed by atoms with Crippen molar-refractivity contribution in [2.24, 2.45) is 0 Å². The zero-order chi connectivity index (χ0) is 14.8. The molecule has 1 aromatic rings. The molecule has 1 unspecified atom stereocenters. The Hall–Kier alpha value is -1.55. The van der Waals surface area contributed by atoms with E-state index in [4.69, 9.17) is 9.47 Å². The van der Waals surface area contributed by atoms with Crippen molar-refractivity contribution >= 4 is 5.97 Å². The number of ether oxygens (including phenoxy) is 2. The van der Waals surface area contributed by atoms with Gasteiger partial charge in [-0.3, -0.25) is 4.79 Å². The minimum absolute atomic E-state index is 0.118. The van der Waals surface area contributed by atoms with Gasteiger partial charge in [0.15, 0.2) is 0 Å². The summed E-state index contributed by atoms with van der Waals surface area (Å²) in [5.74, 6) is 0.760.